The monoisotopic (exact) mass is 141 g/mol. The third kappa shape index (κ3) is 1.87. The fourth-order valence-corrected chi connectivity index (χ4v) is 0.529. The Kier molecular flexibility index (Phi) is 3.77. The van der Waals surface area contributed by atoms with Crippen LogP contribution in [0.15, 0.2) is 4.52 Å². The van der Waals surface area contributed by atoms with Crippen molar-refractivity contribution in [2.45, 2.75) is 34.6 Å². The van der Waals surface area contributed by atoms with Crippen LogP contribution in [0.2, 0.25) is 0 Å². The van der Waals surface area contributed by atoms with E-state index in [2.05, 4.69) is 5.16 Å². The van der Waals surface area contributed by atoms with Crippen LogP contribution < -0.4 is 0 Å². The largest absolute Gasteiger partial charge is 0.361 e. The van der Waals surface area contributed by atoms with Crippen LogP contribution in [0, 0.1) is 20.8 Å². The van der Waals surface area contributed by atoms with Crippen molar-refractivity contribution in [1.29, 1.82) is 0 Å². The molecule has 0 N–H and O–H groups in total. The summed E-state index contributed by atoms with van der Waals surface area (Å²) < 4.78 is 4.84. The van der Waals surface area contributed by atoms with Crippen LogP contribution in [0.5, 0.6) is 0 Å². The molecule has 0 fully saturated rings. The molecule has 0 bridgehead atoms. The third-order valence-electron chi connectivity index (χ3n) is 1.39. The molecule has 1 aromatic heterocycles. The molecule has 0 amide bonds. The van der Waals surface area contributed by atoms with E-state index in [1.165, 1.54) is 0 Å². The van der Waals surface area contributed by atoms with Gasteiger partial charge < -0.3 is 4.52 Å². The normalized spacial score (nSPS) is 8.50. The Morgan fingerprint density at radius 2 is 1.60 bits per heavy atom. The van der Waals surface area contributed by atoms with Crippen LogP contribution in [0.1, 0.15) is 30.9 Å². The molecule has 0 atom stereocenters. The molecule has 10 heavy (non-hydrogen) atoms. The van der Waals surface area contributed by atoms with E-state index in [0.717, 1.165) is 17.0 Å². The summed E-state index contributed by atoms with van der Waals surface area (Å²) in [6.07, 6.45) is 0. The predicted octanol–water partition coefficient (Wildman–Crippen LogP) is 2.63. The van der Waals surface area contributed by atoms with Crippen molar-refractivity contribution in [1.82, 2.24) is 5.16 Å². The van der Waals surface area contributed by atoms with Crippen molar-refractivity contribution >= 4 is 0 Å². The molecule has 0 saturated carbocycles. The first-order valence-electron chi connectivity index (χ1n) is 3.61. The van der Waals surface area contributed by atoms with Crippen molar-refractivity contribution < 1.29 is 4.52 Å². The minimum absolute atomic E-state index is 0.919. The molecule has 1 heterocycles. The van der Waals surface area contributed by atoms with Crippen LogP contribution in [0.4, 0.5) is 0 Å². The highest BCUT2D eigenvalue weighted by molar-refractivity contribution is 5.17. The maximum atomic E-state index is 4.84. The molecule has 0 saturated heterocycles. The van der Waals surface area contributed by atoms with Crippen LogP contribution in [0.25, 0.3) is 0 Å². The highest BCUT2D eigenvalue weighted by Gasteiger charge is 1.99. The maximum Gasteiger partial charge on any atom is 0.136 e. The summed E-state index contributed by atoms with van der Waals surface area (Å²) in [7, 11) is 0. The van der Waals surface area contributed by atoms with Gasteiger partial charge >= 0.3 is 0 Å². The second kappa shape index (κ2) is 4.09. The van der Waals surface area contributed by atoms with E-state index in [9.17, 15) is 0 Å². The first kappa shape index (κ1) is 9.21. The number of aromatic nitrogens is 1. The van der Waals surface area contributed by atoms with Gasteiger partial charge in [-0.05, 0) is 20.8 Å². The smallest absolute Gasteiger partial charge is 0.136 e. The highest BCUT2D eigenvalue weighted by atomic mass is 16.5. The van der Waals surface area contributed by atoms with Gasteiger partial charge in [-0.15, -0.1) is 0 Å². The Morgan fingerprint density at radius 1 is 1.10 bits per heavy atom. The molecule has 58 valence electrons. The van der Waals surface area contributed by atoms with E-state index in [4.69, 9.17) is 4.52 Å². The lowest BCUT2D eigenvalue weighted by Gasteiger charge is -1.80. The van der Waals surface area contributed by atoms with Gasteiger partial charge in [0.1, 0.15) is 5.76 Å². The molecule has 0 unspecified atom stereocenters. The summed E-state index contributed by atoms with van der Waals surface area (Å²) in [4.78, 5) is 0. The molecule has 0 aliphatic rings. The lowest BCUT2D eigenvalue weighted by Crippen LogP contribution is -1.73. The Bertz CT molecular complexity index is 172. The number of aryl methyl sites for hydroxylation is 2. The average Bonchev–Trinajstić information content (AvgIpc) is 2.25. The minimum atomic E-state index is 0.919. The average molecular weight is 141 g/mol. The zero-order valence-electron chi connectivity index (χ0n) is 7.36. The maximum absolute atomic E-state index is 4.84. The lowest BCUT2D eigenvalue weighted by atomic mass is 10.2. The van der Waals surface area contributed by atoms with Gasteiger partial charge in [-0.1, -0.05) is 19.0 Å². The van der Waals surface area contributed by atoms with Crippen molar-refractivity contribution in [2.24, 2.45) is 0 Å². The van der Waals surface area contributed by atoms with E-state index in [0.29, 0.717) is 0 Å². The molecule has 0 aliphatic carbocycles. The number of nitrogens with zero attached hydrogens (tertiary/aromatic N) is 1. The summed E-state index contributed by atoms with van der Waals surface area (Å²) in [5.41, 5.74) is 2.15. The van der Waals surface area contributed by atoms with Gasteiger partial charge in [-0.25, -0.2) is 0 Å². The zero-order valence-corrected chi connectivity index (χ0v) is 7.36. The highest BCUT2D eigenvalue weighted by Crippen LogP contribution is 2.08. The van der Waals surface area contributed by atoms with Gasteiger partial charge in [-0.3, -0.25) is 0 Å². The van der Waals surface area contributed by atoms with E-state index >= 15 is 0 Å². The molecule has 1 rings (SSSR count). The Balaban J connectivity index is 0.000000371. The SMILES string of the molecule is CC.Cc1noc(C)c1C. The van der Waals surface area contributed by atoms with Crippen molar-refractivity contribution in [3.63, 3.8) is 0 Å². The molecule has 0 aliphatic heterocycles. The summed E-state index contributed by atoms with van der Waals surface area (Å²) in [6, 6.07) is 0. The predicted molar refractivity (Wildman–Crippen MR) is 42.1 cm³/mol. The van der Waals surface area contributed by atoms with Crippen molar-refractivity contribution in [3.05, 3.63) is 17.0 Å². The molecule has 0 spiro atoms. The van der Waals surface area contributed by atoms with Gasteiger partial charge in [-0.2, -0.15) is 0 Å². The molecular formula is C8H15NO. The quantitative estimate of drug-likeness (QED) is 0.555. The Morgan fingerprint density at radius 3 is 1.70 bits per heavy atom. The van der Waals surface area contributed by atoms with E-state index < -0.39 is 0 Å². The molecule has 0 aromatic carbocycles. The summed E-state index contributed by atoms with van der Waals surface area (Å²) in [5.74, 6) is 0.919. The number of hydrogen-bond acceptors (Lipinski definition) is 2. The topological polar surface area (TPSA) is 26.0 Å². The van der Waals surface area contributed by atoms with Gasteiger partial charge in [0.05, 0.1) is 5.69 Å². The summed E-state index contributed by atoms with van der Waals surface area (Å²) in [6.45, 7) is 9.85. The van der Waals surface area contributed by atoms with Gasteiger partial charge in [0, 0.05) is 5.56 Å². The van der Waals surface area contributed by atoms with E-state index in [-0.39, 0.29) is 0 Å². The summed E-state index contributed by atoms with van der Waals surface area (Å²) >= 11 is 0. The number of rotatable bonds is 0. The number of hydrogen-bond donors (Lipinski definition) is 0. The van der Waals surface area contributed by atoms with Gasteiger partial charge in [0.25, 0.3) is 0 Å². The Labute approximate surface area is 62.2 Å². The fraction of sp³-hybridized carbons (Fsp3) is 0.625. The van der Waals surface area contributed by atoms with Crippen molar-refractivity contribution in [3.8, 4) is 0 Å². The lowest BCUT2D eigenvalue weighted by molar-refractivity contribution is 0.392. The fourth-order valence-electron chi connectivity index (χ4n) is 0.529. The van der Waals surface area contributed by atoms with Crippen LogP contribution in [-0.4, -0.2) is 5.16 Å². The molecule has 1 aromatic rings. The molecule has 0 radical (unpaired) electrons. The second-order valence-electron chi connectivity index (χ2n) is 1.95. The van der Waals surface area contributed by atoms with E-state index in [1.807, 2.05) is 34.6 Å². The zero-order chi connectivity index (χ0) is 8.15. The van der Waals surface area contributed by atoms with Gasteiger partial charge in [0.15, 0.2) is 0 Å². The van der Waals surface area contributed by atoms with E-state index in [1.54, 1.807) is 0 Å². The third-order valence-corrected chi connectivity index (χ3v) is 1.39. The van der Waals surface area contributed by atoms with Crippen LogP contribution in [-0.2, 0) is 0 Å². The van der Waals surface area contributed by atoms with Crippen LogP contribution in [0.3, 0.4) is 0 Å². The second-order valence-corrected chi connectivity index (χ2v) is 1.95. The first-order chi connectivity index (χ1) is 4.72. The molecule has 2 nitrogen and oxygen atoms in total. The molecule has 2 heteroatoms. The van der Waals surface area contributed by atoms with Gasteiger partial charge in [0.2, 0.25) is 0 Å². The minimum Gasteiger partial charge on any atom is -0.361 e. The Hall–Kier alpha value is -0.790. The first-order valence-corrected chi connectivity index (χ1v) is 3.61. The molecular weight excluding hydrogens is 126 g/mol. The van der Waals surface area contributed by atoms with Crippen molar-refractivity contribution in [2.75, 3.05) is 0 Å². The van der Waals surface area contributed by atoms with Crippen LogP contribution >= 0.6 is 0 Å². The summed E-state index contributed by atoms with van der Waals surface area (Å²) in [5, 5.41) is 3.74. The standard InChI is InChI=1S/C6H9NO.C2H6/c1-4-5(2)7-8-6(4)3;1-2/h1-3H3;1-2H3.